The van der Waals surface area contributed by atoms with E-state index in [1.807, 2.05) is 6.07 Å². The Hall–Kier alpha value is -2.14. The van der Waals surface area contributed by atoms with Gasteiger partial charge in [0, 0.05) is 12.1 Å². The molecule has 1 atom stereocenters. The largest absolute Gasteiger partial charge is 0.376 e. The van der Waals surface area contributed by atoms with Gasteiger partial charge in [0.05, 0.1) is 28.1 Å². The zero-order valence-corrected chi connectivity index (χ0v) is 10.7. The summed E-state index contributed by atoms with van der Waals surface area (Å²) >= 11 is 0. The Morgan fingerprint density at radius 3 is 2.74 bits per heavy atom. The lowest BCUT2D eigenvalue weighted by molar-refractivity contribution is -0.384. The minimum absolute atomic E-state index is 0.0407. The number of hydrogen-bond donors (Lipinski definition) is 1. The highest BCUT2D eigenvalue weighted by Gasteiger charge is 2.29. The van der Waals surface area contributed by atoms with Crippen LogP contribution >= 0.6 is 0 Å². The topological polar surface area (TPSA) is 113 Å². The van der Waals surface area contributed by atoms with Crippen molar-refractivity contribution in [3.8, 4) is 6.07 Å². The molecule has 8 heteroatoms. The summed E-state index contributed by atoms with van der Waals surface area (Å²) in [6.07, 6.45) is 0.413. The minimum Gasteiger partial charge on any atom is -0.376 e. The van der Waals surface area contributed by atoms with Crippen molar-refractivity contribution in [3.05, 3.63) is 33.9 Å². The van der Waals surface area contributed by atoms with E-state index < -0.39 is 14.8 Å². The van der Waals surface area contributed by atoms with Crippen molar-refractivity contribution in [2.75, 3.05) is 16.8 Å². The fraction of sp³-hybridized carbons (Fsp3) is 0.364. The lowest BCUT2D eigenvalue weighted by atomic mass is 10.1. The fourth-order valence-corrected chi connectivity index (χ4v) is 3.68. The zero-order chi connectivity index (χ0) is 14.0. The van der Waals surface area contributed by atoms with Gasteiger partial charge in [-0.25, -0.2) is 8.42 Å². The van der Waals surface area contributed by atoms with Gasteiger partial charge in [-0.2, -0.15) is 5.26 Å². The van der Waals surface area contributed by atoms with Crippen molar-refractivity contribution in [2.24, 2.45) is 0 Å². The van der Waals surface area contributed by atoms with E-state index in [1.165, 1.54) is 18.2 Å². The molecule has 19 heavy (non-hydrogen) atoms. The average molecular weight is 281 g/mol. The van der Waals surface area contributed by atoms with Crippen molar-refractivity contribution in [1.29, 1.82) is 5.26 Å². The monoisotopic (exact) mass is 281 g/mol. The van der Waals surface area contributed by atoms with Gasteiger partial charge in [-0.1, -0.05) is 0 Å². The van der Waals surface area contributed by atoms with Crippen LogP contribution in [0.15, 0.2) is 18.2 Å². The second-order valence-corrected chi connectivity index (χ2v) is 6.57. The summed E-state index contributed by atoms with van der Waals surface area (Å²) in [5.41, 5.74) is 0.309. The van der Waals surface area contributed by atoms with Gasteiger partial charge in [0.1, 0.15) is 5.69 Å². The Labute approximate surface area is 109 Å². The highest BCUT2D eigenvalue weighted by molar-refractivity contribution is 7.91. The molecule has 0 saturated carbocycles. The molecule has 2 rings (SSSR count). The summed E-state index contributed by atoms with van der Waals surface area (Å²) < 4.78 is 22.7. The van der Waals surface area contributed by atoms with Crippen LogP contribution in [0.5, 0.6) is 0 Å². The van der Waals surface area contributed by atoms with Gasteiger partial charge in [0.2, 0.25) is 0 Å². The summed E-state index contributed by atoms with van der Waals surface area (Å²) in [5, 5.41) is 22.5. The molecule has 100 valence electrons. The molecular formula is C11H11N3O4S. The van der Waals surface area contributed by atoms with E-state index in [0.717, 1.165) is 0 Å². The third-order valence-electron chi connectivity index (χ3n) is 2.91. The second kappa shape index (κ2) is 4.85. The quantitative estimate of drug-likeness (QED) is 0.654. The number of rotatable bonds is 3. The van der Waals surface area contributed by atoms with E-state index in [1.54, 1.807) is 0 Å². The number of benzene rings is 1. The van der Waals surface area contributed by atoms with Crippen LogP contribution in [0, 0.1) is 21.4 Å². The number of nitrogens with zero attached hydrogens (tertiary/aromatic N) is 2. The first-order valence-electron chi connectivity index (χ1n) is 5.57. The van der Waals surface area contributed by atoms with Crippen molar-refractivity contribution in [1.82, 2.24) is 0 Å². The van der Waals surface area contributed by atoms with Crippen molar-refractivity contribution < 1.29 is 13.3 Å². The number of nitriles is 1. The molecule has 1 aliphatic heterocycles. The number of anilines is 1. The van der Waals surface area contributed by atoms with Crippen molar-refractivity contribution >= 4 is 21.2 Å². The Bertz CT molecular complexity index is 663. The average Bonchev–Trinajstić information content (AvgIpc) is 2.68. The standard InChI is InChI=1S/C11H11N3O4S/c12-6-8-1-2-11(14(15)16)10(5-8)13-9-3-4-19(17,18)7-9/h1-2,5,9,13H,3-4,7H2. The smallest absolute Gasteiger partial charge is 0.292 e. The first-order valence-corrected chi connectivity index (χ1v) is 7.39. The van der Waals surface area contributed by atoms with Gasteiger partial charge in [-0.05, 0) is 18.6 Å². The molecule has 1 fully saturated rings. The lowest BCUT2D eigenvalue weighted by Crippen LogP contribution is -2.21. The van der Waals surface area contributed by atoms with Gasteiger partial charge < -0.3 is 5.32 Å². The summed E-state index contributed by atoms with van der Waals surface area (Å²) in [6, 6.07) is 5.50. The second-order valence-electron chi connectivity index (χ2n) is 4.35. The van der Waals surface area contributed by atoms with Gasteiger partial charge >= 0.3 is 0 Å². The van der Waals surface area contributed by atoms with Crippen LogP contribution in [0.2, 0.25) is 0 Å². The Morgan fingerprint density at radius 1 is 1.47 bits per heavy atom. The van der Waals surface area contributed by atoms with E-state index in [0.29, 0.717) is 6.42 Å². The zero-order valence-electron chi connectivity index (χ0n) is 9.87. The van der Waals surface area contributed by atoms with Crippen LogP contribution in [0.3, 0.4) is 0 Å². The molecule has 1 aliphatic rings. The fourth-order valence-electron chi connectivity index (χ4n) is 2.01. The predicted molar refractivity (Wildman–Crippen MR) is 68.5 cm³/mol. The maximum absolute atomic E-state index is 11.3. The maximum atomic E-state index is 11.3. The highest BCUT2D eigenvalue weighted by atomic mass is 32.2. The molecule has 1 N–H and O–H groups in total. The SMILES string of the molecule is N#Cc1ccc([N+](=O)[O-])c(NC2CCS(=O)(=O)C2)c1. The van der Waals surface area contributed by atoms with E-state index in [9.17, 15) is 18.5 Å². The number of sulfone groups is 1. The minimum atomic E-state index is -3.06. The van der Waals surface area contributed by atoms with E-state index in [2.05, 4.69) is 5.32 Å². The van der Waals surface area contributed by atoms with Crippen LogP contribution in [0.1, 0.15) is 12.0 Å². The lowest BCUT2D eigenvalue weighted by Gasteiger charge is -2.12. The molecule has 1 unspecified atom stereocenters. The van der Waals surface area contributed by atoms with Gasteiger partial charge in [0.25, 0.3) is 5.69 Å². The highest BCUT2D eigenvalue weighted by Crippen LogP contribution is 2.27. The molecule has 0 amide bonds. The first-order chi connectivity index (χ1) is 8.91. The Morgan fingerprint density at radius 2 is 2.21 bits per heavy atom. The first kappa shape index (κ1) is 13.3. The number of hydrogen-bond acceptors (Lipinski definition) is 6. The molecule has 0 spiro atoms. The predicted octanol–water partition coefficient (Wildman–Crippen LogP) is 1.07. The molecule has 0 aliphatic carbocycles. The molecular weight excluding hydrogens is 270 g/mol. The molecule has 0 aromatic heterocycles. The molecule has 7 nitrogen and oxygen atoms in total. The third kappa shape index (κ3) is 3.00. The van der Waals surface area contributed by atoms with Gasteiger partial charge in [-0.3, -0.25) is 10.1 Å². The molecule has 0 radical (unpaired) electrons. The van der Waals surface area contributed by atoms with Crippen molar-refractivity contribution in [3.63, 3.8) is 0 Å². The van der Waals surface area contributed by atoms with Crippen LogP contribution in [-0.2, 0) is 9.84 Å². The van der Waals surface area contributed by atoms with E-state index in [4.69, 9.17) is 5.26 Å². The van der Waals surface area contributed by atoms with E-state index in [-0.39, 0.29) is 34.5 Å². The van der Waals surface area contributed by atoms with Crippen LogP contribution in [-0.4, -0.2) is 30.9 Å². The summed E-state index contributed by atoms with van der Waals surface area (Å²) in [7, 11) is -3.06. The molecule has 1 aromatic rings. The summed E-state index contributed by atoms with van der Waals surface area (Å²) in [4.78, 5) is 10.3. The number of nitrogens with one attached hydrogen (secondary N) is 1. The molecule has 0 bridgehead atoms. The number of nitro groups is 1. The molecule has 1 heterocycles. The van der Waals surface area contributed by atoms with Gasteiger partial charge in [0.15, 0.2) is 9.84 Å². The summed E-state index contributed by atoms with van der Waals surface area (Å²) in [6.45, 7) is 0. The Balaban J connectivity index is 2.28. The maximum Gasteiger partial charge on any atom is 0.292 e. The Kier molecular flexibility index (Phi) is 3.40. The summed E-state index contributed by atoms with van der Waals surface area (Å²) in [5.74, 6) is 0.0390. The molecule has 1 aromatic carbocycles. The van der Waals surface area contributed by atoms with E-state index >= 15 is 0 Å². The van der Waals surface area contributed by atoms with Crippen molar-refractivity contribution in [2.45, 2.75) is 12.5 Å². The molecule has 1 saturated heterocycles. The third-order valence-corrected chi connectivity index (χ3v) is 4.68. The van der Waals surface area contributed by atoms with Crippen LogP contribution < -0.4 is 5.32 Å². The normalized spacial score (nSPS) is 20.7. The van der Waals surface area contributed by atoms with Crippen LogP contribution in [0.25, 0.3) is 0 Å². The number of nitro benzene ring substituents is 1. The van der Waals surface area contributed by atoms with Gasteiger partial charge in [-0.15, -0.1) is 0 Å². The van der Waals surface area contributed by atoms with Crippen LogP contribution in [0.4, 0.5) is 11.4 Å².